The maximum atomic E-state index is 13.6. The third-order valence-corrected chi connectivity index (χ3v) is 6.46. The number of para-hydroxylation sites is 2. The van der Waals surface area contributed by atoms with Gasteiger partial charge in [-0.15, -0.1) is 0 Å². The molecule has 0 saturated heterocycles. The number of hydrogen-bond acceptors (Lipinski definition) is 6. The fraction of sp³-hybridized carbons (Fsp3) is 0.148. The third-order valence-electron chi connectivity index (χ3n) is 5.52. The number of nitrogens with zero attached hydrogens (tertiary/aromatic N) is 2. The normalized spacial score (nSPS) is 11.1. The van der Waals surface area contributed by atoms with Gasteiger partial charge in [0.25, 0.3) is 0 Å². The van der Waals surface area contributed by atoms with Crippen LogP contribution in [0.5, 0.6) is 5.75 Å². The van der Waals surface area contributed by atoms with Gasteiger partial charge in [0.1, 0.15) is 16.8 Å². The summed E-state index contributed by atoms with van der Waals surface area (Å²) in [6.07, 6.45) is 0. The summed E-state index contributed by atoms with van der Waals surface area (Å²) in [6.45, 7) is 4.39. The van der Waals surface area contributed by atoms with Crippen LogP contribution >= 0.6 is 11.8 Å². The number of carbonyl (C=O) groups is 1. The molecule has 0 radical (unpaired) electrons. The van der Waals surface area contributed by atoms with Crippen LogP contribution in [0.4, 0.5) is 5.69 Å². The van der Waals surface area contributed by atoms with Crippen LogP contribution in [0.2, 0.25) is 0 Å². The standard InChI is InChI=1S/C27H23N3O4S/c1-3-33-19-14-12-18(13-15-19)30-26(32)25-24(20-9-5-7-11-22(20)34-25)29-27(30)35-16-23(31)28-21-10-6-4-8-17(21)2/h4-15H,3,16H2,1-2H3,(H,28,31). The minimum Gasteiger partial charge on any atom is -0.494 e. The Hall–Kier alpha value is -4.04. The predicted molar refractivity (Wildman–Crippen MR) is 139 cm³/mol. The zero-order chi connectivity index (χ0) is 24.4. The molecule has 5 aromatic rings. The Kier molecular flexibility index (Phi) is 6.29. The number of aromatic nitrogens is 2. The van der Waals surface area contributed by atoms with Crippen molar-refractivity contribution in [3.63, 3.8) is 0 Å². The summed E-state index contributed by atoms with van der Waals surface area (Å²) in [5, 5.41) is 4.08. The SMILES string of the molecule is CCOc1ccc(-n2c(SCC(=O)Nc3ccccc3C)nc3c(oc4ccccc43)c2=O)cc1. The number of rotatable bonds is 7. The summed E-state index contributed by atoms with van der Waals surface area (Å²) in [7, 11) is 0. The molecular weight excluding hydrogens is 462 g/mol. The molecule has 35 heavy (non-hydrogen) atoms. The molecule has 0 saturated carbocycles. The summed E-state index contributed by atoms with van der Waals surface area (Å²) in [5.41, 5.74) is 3.24. The fourth-order valence-electron chi connectivity index (χ4n) is 3.83. The number of aryl methyl sites for hydroxylation is 1. The largest absolute Gasteiger partial charge is 0.494 e. The highest BCUT2D eigenvalue weighted by molar-refractivity contribution is 7.99. The van der Waals surface area contributed by atoms with Crippen molar-refractivity contribution in [3.05, 3.63) is 88.7 Å². The number of amides is 1. The highest BCUT2D eigenvalue weighted by atomic mass is 32.2. The Labute approximate surface area is 205 Å². The number of nitrogens with one attached hydrogen (secondary N) is 1. The zero-order valence-electron chi connectivity index (χ0n) is 19.3. The molecule has 0 aliphatic heterocycles. The molecule has 8 heteroatoms. The maximum absolute atomic E-state index is 13.6. The number of fused-ring (bicyclic) bond motifs is 3. The zero-order valence-corrected chi connectivity index (χ0v) is 20.1. The number of hydrogen-bond donors (Lipinski definition) is 1. The Balaban J connectivity index is 1.55. The van der Waals surface area contributed by atoms with Crippen molar-refractivity contribution in [1.82, 2.24) is 9.55 Å². The van der Waals surface area contributed by atoms with Gasteiger partial charge in [0.15, 0.2) is 5.16 Å². The van der Waals surface area contributed by atoms with E-state index in [1.807, 2.05) is 56.3 Å². The first-order valence-electron chi connectivity index (χ1n) is 11.2. The highest BCUT2D eigenvalue weighted by Gasteiger charge is 2.20. The second kappa shape index (κ2) is 9.68. The summed E-state index contributed by atoms with van der Waals surface area (Å²) < 4.78 is 12.9. The van der Waals surface area contributed by atoms with Crippen LogP contribution in [0.25, 0.3) is 27.8 Å². The monoisotopic (exact) mass is 485 g/mol. The van der Waals surface area contributed by atoms with E-state index in [1.54, 1.807) is 30.3 Å². The van der Waals surface area contributed by atoms with Gasteiger partial charge >= 0.3 is 5.56 Å². The summed E-state index contributed by atoms with van der Waals surface area (Å²) >= 11 is 1.20. The van der Waals surface area contributed by atoms with Gasteiger partial charge in [-0.1, -0.05) is 42.1 Å². The summed E-state index contributed by atoms with van der Waals surface area (Å²) in [6, 6.07) is 22.2. The summed E-state index contributed by atoms with van der Waals surface area (Å²) in [5.74, 6) is 0.599. The van der Waals surface area contributed by atoms with E-state index in [0.29, 0.717) is 34.3 Å². The van der Waals surface area contributed by atoms with Crippen molar-refractivity contribution in [3.8, 4) is 11.4 Å². The van der Waals surface area contributed by atoms with Gasteiger partial charge in [0.05, 0.1) is 18.0 Å². The van der Waals surface area contributed by atoms with Crippen molar-refractivity contribution in [1.29, 1.82) is 0 Å². The molecule has 2 heterocycles. The molecule has 0 unspecified atom stereocenters. The average Bonchev–Trinajstić information content (AvgIpc) is 3.24. The molecule has 2 aromatic heterocycles. The van der Waals surface area contributed by atoms with Gasteiger partial charge in [-0.3, -0.25) is 14.2 Å². The Morgan fingerprint density at radius 3 is 2.57 bits per heavy atom. The number of anilines is 1. The van der Waals surface area contributed by atoms with Gasteiger partial charge < -0.3 is 14.5 Å². The first kappa shape index (κ1) is 22.7. The second-order valence-corrected chi connectivity index (χ2v) is 8.83. The average molecular weight is 486 g/mol. The third kappa shape index (κ3) is 4.52. The predicted octanol–water partition coefficient (Wildman–Crippen LogP) is 5.57. The molecule has 3 aromatic carbocycles. The van der Waals surface area contributed by atoms with E-state index in [0.717, 1.165) is 16.6 Å². The van der Waals surface area contributed by atoms with E-state index in [9.17, 15) is 9.59 Å². The molecule has 0 aliphatic carbocycles. The molecule has 1 N–H and O–H groups in total. The smallest absolute Gasteiger partial charge is 0.302 e. The van der Waals surface area contributed by atoms with E-state index in [-0.39, 0.29) is 22.8 Å². The van der Waals surface area contributed by atoms with Gasteiger partial charge in [-0.05, 0) is 61.9 Å². The van der Waals surface area contributed by atoms with Gasteiger partial charge in [-0.25, -0.2) is 4.98 Å². The number of ether oxygens (including phenoxy) is 1. The van der Waals surface area contributed by atoms with Crippen LogP contribution < -0.4 is 15.6 Å². The highest BCUT2D eigenvalue weighted by Crippen LogP contribution is 2.29. The van der Waals surface area contributed by atoms with Crippen molar-refractivity contribution < 1.29 is 13.9 Å². The molecule has 0 spiro atoms. The van der Waals surface area contributed by atoms with Crippen LogP contribution in [0.1, 0.15) is 12.5 Å². The fourth-order valence-corrected chi connectivity index (χ4v) is 4.64. The molecular formula is C27H23N3O4S. The second-order valence-electron chi connectivity index (χ2n) is 7.89. The van der Waals surface area contributed by atoms with E-state index < -0.39 is 0 Å². The van der Waals surface area contributed by atoms with Crippen LogP contribution in [0, 0.1) is 6.92 Å². The minimum absolute atomic E-state index is 0.0824. The lowest BCUT2D eigenvalue weighted by atomic mass is 10.2. The Morgan fingerprint density at radius 1 is 1.06 bits per heavy atom. The molecule has 176 valence electrons. The van der Waals surface area contributed by atoms with Gasteiger partial charge in [0.2, 0.25) is 11.5 Å². The first-order valence-corrected chi connectivity index (χ1v) is 12.2. The lowest BCUT2D eigenvalue weighted by Gasteiger charge is -2.13. The molecule has 7 nitrogen and oxygen atoms in total. The van der Waals surface area contributed by atoms with Crippen molar-refractivity contribution >= 4 is 45.4 Å². The van der Waals surface area contributed by atoms with E-state index in [4.69, 9.17) is 14.1 Å². The van der Waals surface area contributed by atoms with Gasteiger partial charge in [-0.2, -0.15) is 0 Å². The molecule has 0 aliphatic rings. The molecule has 0 fully saturated rings. The summed E-state index contributed by atoms with van der Waals surface area (Å²) in [4.78, 5) is 31.1. The van der Waals surface area contributed by atoms with Crippen LogP contribution in [-0.2, 0) is 4.79 Å². The van der Waals surface area contributed by atoms with Crippen molar-refractivity contribution in [2.75, 3.05) is 17.7 Å². The minimum atomic E-state index is -0.336. The maximum Gasteiger partial charge on any atom is 0.302 e. The number of furan rings is 1. The Morgan fingerprint density at radius 2 is 1.80 bits per heavy atom. The van der Waals surface area contributed by atoms with E-state index >= 15 is 0 Å². The molecule has 0 bridgehead atoms. The quantitative estimate of drug-likeness (QED) is 0.240. The Bertz CT molecular complexity index is 1590. The topological polar surface area (TPSA) is 86.4 Å². The van der Waals surface area contributed by atoms with Crippen molar-refractivity contribution in [2.45, 2.75) is 19.0 Å². The first-order chi connectivity index (χ1) is 17.0. The molecule has 0 atom stereocenters. The molecule has 5 rings (SSSR count). The van der Waals surface area contributed by atoms with E-state index in [1.165, 1.54) is 16.3 Å². The molecule has 1 amide bonds. The van der Waals surface area contributed by atoms with E-state index in [2.05, 4.69) is 5.32 Å². The van der Waals surface area contributed by atoms with Crippen molar-refractivity contribution in [2.24, 2.45) is 0 Å². The van der Waals surface area contributed by atoms with Gasteiger partial charge in [0, 0.05) is 11.1 Å². The lowest BCUT2D eigenvalue weighted by Crippen LogP contribution is -2.22. The van der Waals surface area contributed by atoms with Crippen LogP contribution in [-0.4, -0.2) is 27.8 Å². The number of thioether (sulfide) groups is 1. The van der Waals surface area contributed by atoms with Crippen LogP contribution in [0.3, 0.4) is 0 Å². The number of carbonyl (C=O) groups excluding carboxylic acids is 1. The van der Waals surface area contributed by atoms with Crippen LogP contribution in [0.15, 0.2) is 87.2 Å². The lowest BCUT2D eigenvalue weighted by molar-refractivity contribution is -0.113. The number of benzene rings is 3.